The Hall–Kier alpha value is -1.31. The van der Waals surface area contributed by atoms with E-state index in [4.69, 9.17) is 0 Å². The Morgan fingerprint density at radius 1 is 1.31 bits per heavy atom. The maximum absolute atomic E-state index is 13.0. The number of halogens is 3. The molecule has 0 bridgehead atoms. The second-order valence-corrected chi connectivity index (χ2v) is 8.76. The minimum absolute atomic E-state index is 0.00405. The van der Waals surface area contributed by atoms with Crippen LogP contribution < -0.4 is 10.6 Å². The van der Waals surface area contributed by atoms with Crippen molar-refractivity contribution in [3.63, 3.8) is 0 Å². The summed E-state index contributed by atoms with van der Waals surface area (Å²) in [4.78, 5) is 9.13. The number of guanidine groups is 1. The van der Waals surface area contributed by atoms with E-state index < -0.39 is 12.1 Å². The summed E-state index contributed by atoms with van der Waals surface area (Å²) in [5.74, 6) is -0.655. The molecule has 2 N–H and O–H groups in total. The molecule has 2 rings (SSSR count). The van der Waals surface area contributed by atoms with Crippen LogP contribution in [0, 0.1) is 5.92 Å². The molecule has 4 nitrogen and oxygen atoms in total. The molecule has 0 amide bonds. The maximum Gasteiger partial charge on any atom is 0.391 e. The van der Waals surface area contributed by atoms with Crippen molar-refractivity contribution in [3.05, 3.63) is 16.1 Å². The van der Waals surface area contributed by atoms with Crippen molar-refractivity contribution in [1.82, 2.24) is 15.6 Å². The Morgan fingerprint density at radius 2 is 2.04 bits per heavy atom. The number of rotatable bonds is 4. The zero-order valence-corrected chi connectivity index (χ0v) is 16.7. The molecule has 0 spiro atoms. The van der Waals surface area contributed by atoms with E-state index in [1.54, 1.807) is 11.3 Å². The van der Waals surface area contributed by atoms with Crippen LogP contribution in [0.2, 0.25) is 0 Å². The molecule has 8 heteroatoms. The predicted octanol–water partition coefficient (Wildman–Crippen LogP) is 4.62. The van der Waals surface area contributed by atoms with Crippen LogP contribution in [-0.4, -0.2) is 29.7 Å². The maximum atomic E-state index is 13.0. The zero-order valence-electron chi connectivity index (χ0n) is 15.9. The average Bonchev–Trinajstić information content (AvgIpc) is 3.01. The fraction of sp³-hybridized carbons (Fsp3) is 0.778. The molecule has 0 radical (unpaired) electrons. The number of alkyl halides is 3. The molecule has 1 aromatic rings. The van der Waals surface area contributed by atoms with Gasteiger partial charge < -0.3 is 10.6 Å². The van der Waals surface area contributed by atoms with Gasteiger partial charge in [-0.05, 0) is 26.2 Å². The summed E-state index contributed by atoms with van der Waals surface area (Å²) in [5, 5.41) is 9.26. The van der Waals surface area contributed by atoms with Gasteiger partial charge in [0, 0.05) is 23.4 Å². The van der Waals surface area contributed by atoms with Gasteiger partial charge in [-0.15, -0.1) is 11.3 Å². The van der Waals surface area contributed by atoms with Crippen LogP contribution in [0.1, 0.15) is 64.1 Å². The van der Waals surface area contributed by atoms with Gasteiger partial charge in [-0.25, -0.2) is 9.98 Å². The fourth-order valence-corrected chi connectivity index (χ4v) is 3.95. The summed E-state index contributed by atoms with van der Waals surface area (Å²) >= 11 is 1.56. The lowest BCUT2D eigenvalue weighted by Crippen LogP contribution is -2.46. The minimum Gasteiger partial charge on any atom is -0.357 e. The number of nitrogens with zero attached hydrogens (tertiary/aromatic N) is 2. The highest BCUT2D eigenvalue weighted by molar-refractivity contribution is 7.09. The van der Waals surface area contributed by atoms with Gasteiger partial charge in [0.2, 0.25) is 0 Å². The van der Waals surface area contributed by atoms with Gasteiger partial charge in [0.1, 0.15) is 5.01 Å². The first kappa shape index (κ1) is 21.0. The van der Waals surface area contributed by atoms with E-state index in [0.29, 0.717) is 25.5 Å². The Balaban J connectivity index is 1.99. The molecule has 1 fully saturated rings. The average molecular weight is 391 g/mol. The highest BCUT2D eigenvalue weighted by atomic mass is 32.1. The largest absolute Gasteiger partial charge is 0.391 e. The standard InChI is InChI=1S/C18H29F3N4S/c1-5-22-16(23-10-15-25-14(11-26-15)17(2,3)4)24-13-8-6-7-12(9-13)18(19,20)21/h11-13H,5-10H2,1-4H3,(H2,22,23,24). The van der Waals surface area contributed by atoms with Crippen LogP contribution in [-0.2, 0) is 12.0 Å². The SMILES string of the molecule is CCNC(=NCc1nc(C(C)(C)C)cs1)NC1CCCC(C(F)(F)F)C1. The summed E-state index contributed by atoms with van der Waals surface area (Å²) in [6.07, 6.45) is -2.45. The number of aliphatic imine (C=N–C) groups is 1. The van der Waals surface area contributed by atoms with Crippen LogP contribution in [0.5, 0.6) is 0 Å². The Bertz CT molecular complexity index is 604. The molecular weight excluding hydrogens is 361 g/mol. The molecule has 0 aliphatic heterocycles. The van der Waals surface area contributed by atoms with Crippen LogP contribution >= 0.6 is 11.3 Å². The van der Waals surface area contributed by atoms with Gasteiger partial charge in [0.25, 0.3) is 0 Å². The van der Waals surface area contributed by atoms with Gasteiger partial charge >= 0.3 is 6.18 Å². The fourth-order valence-electron chi connectivity index (χ4n) is 3.01. The molecule has 1 aliphatic carbocycles. The smallest absolute Gasteiger partial charge is 0.357 e. The summed E-state index contributed by atoms with van der Waals surface area (Å²) < 4.78 is 39.0. The highest BCUT2D eigenvalue weighted by Gasteiger charge is 2.42. The highest BCUT2D eigenvalue weighted by Crippen LogP contribution is 2.37. The molecule has 2 unspecified atom stereocenters. The quantitative estimate of drug-likeness (QED) is 0.583. The lowest BCUT2D eigenvalue weighted by Gasteiger charge is -2.31. The normalized spacial score (nSPS) is 22.3. The van der Waals surface area contributed by atoms with Crippen molar-refractivity contribution in [1.29, 1.82) is 0 Å². The molecular formula is C18H29F3N4S. The van der Waals surface area contributed by atoms with Gasteiger partial charge in [-0.1, -0.05) is 27.2 Å². The molecule has 148 valence electrons. The molecule has 1 aliphatic rings. The van der Waals surface area contributed by atoms with E-state index in [0.717, 1.165) is 17.1 Å². The molecule has 0 saturated heterocycles. The number of aromatic nitrogens is 1. The topological polar surface area (TPSA) is 49.3 Å². The first-order chi connectivity index (χ1) is 12.1. The third-order valence-electron chi connectivity index (χ3n) is 4.51. The van der Waals surface area contributed by atoms with E-state index in [2.05, 4.69) is 41.4 Å². The summed E-state index contributed by atoms with van der Waals surface area (Å²) in [7, 11) is 0. The molecule has 1 aromatic heterocycles. The van der Waals surface area contributed by atoms with Crippen LogP contribution in [0.4, 0.5) is 13.2 Å². The van der Waals surface area contributed by atoms with Gasteiger partial charge in [-0.3, -0.25) is 0 Å². The molecule has 1 heterocycles. The van der Waals surface area contributed by atoms with Crippen molar-refractivity contribution in [2.75, 3.05) is 6.54 Å². The van der Waals surface area contributed by atoms with Crippen molar-refractivity contribution in [2.45, 2.75) is 77.6 Å². The Morgan fingerprint density at radius 3 is 2.62 bits per heavy atom. The second kappa shape index (κ2) is 8.59. The molecule has 2 atom stereocenters. The van der Waals surface area contributed by atoms with Crippen molar-refractivity contribution >= 4 is 17.3 Å². The number of thiazole rings is 1. The number of hydrogen-bond acceptors (Lipinski definition) is 3. The van der Waals surface area contributed by atoms with Gasteiger partial charge in [0.15, 0.2) is 5.96 Å². The van der Waals surface area contributed by atoms with Crippen molar-refractivity contribution in [3.8, 4) is 0 Å². The van der Waals surface area contributed by atoms with E-state index in [1.807, 2.05) is 12.3 Å². The van der Waals surface area contributed by atoms with E-state index in [1.165, 1.54) is 0 Å². The second-order valence-electron chi connectivity index (χ2n) is 7.82. The zero-order chi connectivity index (χ0) is 19.4. The summed E-state index contributed by atoms with van der Waals surface area (Å²) in [5.41, 5.74) is 1.03. The lowest BCUT2D eigenvalue weighted by atomic mass is 9.85. The van der Waals surface area contributed by atoms with Crippen molar-refractivity contribution < 1.29 is 13.2 Å². The third-order valence-corrected chi connectivity index (χ3v) is 5.35. The Kier molecular flexibility index (Phi) is 6.93. The first-order valence-corrected chi connectivity index (χ1v) is 10.0. The lowest BCUT2D eigenvalue weighted by molar-refractivity contribution is -0.183. The molecule has 26 heavy (non-hydrogen) atoms. The predicted molar refractivity (Wildman–Crippen MR) is 101 cm³/mol. The summed E-state index contributed by atoms with van der Waals surface area (Å²) in [6.45, 7) is 9.36. The van der Waals surface area contributed by atoms with Gasteiger partial charge in [0.05, 0.1) is 18.2 Å². The molecule has 0 aromatic carbocycles. The van der Waals surface area contributed by atoms with Crippen LogP contribution in [0.25, 0.3) is 0 Å². The third kappa shape index (κ3) is 6.14. The molecule has 1 saturated carbocycles. The van der Waals surface area contributed by atoms with Crippen molar-refractivity contribution in [2.24, 2.45) is 10.9 Å². The van der Waals surface area contributed by atoms with E-state index >= 15 is 0 Å². The first-order valence-electron chi connectivity index (χ1n) is 9.16. The number of hydrogen-bond donors (Lipinski definition) is 2. The number of nitrogens with one attached hydrogen (secondary N) is 2. The van der Waals surface area contributed by atoms with E-state index in [-0.39, 0.29) is 24.3 Å². The minimum atomic E-state index is -4.11. The summed E-state index contributed by atoms with van der Waals surface area (Å²) in [6, 6.07) is -0.199. The monoisotopic (exact) mass is 390 g/mol. The van der Waals surface area contributed by atoms with Gasteiger partial charge in [-0.2, -0.15) is 13.2 Å². The Labute approximate surface area is 157 Å². The van der Waals surface area contributed by atoms with Crippen LogP contribution in [0.15, 0.2) is 10.4 Å². The van der Waals surface area contributed by atoms with Crippen LogP contribution in [0.3, 0.4) is 0 Å². The van der Waals surface area contributed by atoms with E-state index in [9.17, 15) is 13.2 Å².